The molecule has 0 spiro atoms. The minimum Gasteiger partial charge on any atom is -0.495 e. The molecule has 30 heavy (non-hydrogen) atoms. The Hall–Kier alpha value is -2.38. The van der Waals surface area contributed by atoms with Crippen molar-refractivity contribution in [1.82, 2.24) is 4.31 Å². The third-order valence-corrected chi connectivity index (χ3v) is 7.38. The van der Waals surface area contributed by atoms with Crippen molar-refractivity contribution in [3.8, 4) is 5.75 Å². The molecule has 0 aliphatic carbocycles. The molecule has 0 aromatic heterocycles. The van der Waals surface area contributed by atoms with Crippen molar-refractivity contribution >= 4 is 21.6 Å². The summed E-state index contributed by atoms with van der Waals surface area (Å²) < 4.78 is 33.2. The molecule has 6 nitrogen and oxygen atoms in total. The lowest BCUT2D eigenvalue weighted by atomic mass is 9.93. The first-order valence-corrected chi connectivity index (χ1v) is 12.0. The summed E-state index contributed by atoms with van der Waals surface area (Å²) in [6, 6.07) is 14.4. The first-order chi connectivity index (χ1) is 14.5. The molecule has 2 aromatic rings. The second kappa shape index (κ2) is 10.1. The van der Waals surface area contributed by atoms with Gasteiger partial charge in [0.2, 0.25) is 15.9 Å². The molecular weight excluding hydrogens is 400 g/mol. The van der Waals surface area contributed by atoms with E-state index < -0.39 is 10.0 Å². The highest BCUT2D eigenvalue weighted by atomic mass is 32.2. The lowest BCUT2D eigenvalue weighted by Gasteiger charge is -2.26. The van der Waals surface area contributed by atoms with Gasteiger partial charge in [-0.2, -0.15) is 4.31 Å². The number of carbonyl (C=O) groups is 1. The van der Waals surface area contributed by atoms with Gasteiger partial charge in [0.15, 0.2) is 0 Å². The predicted octanol–water partition coefficient (Wildman–Crippen LogP) is 4.39. The number of amides is 1. The minimum absolute atomic E-state index is 0.0939. The number of nitrogens with one attached hydrogen (secondary N) is 1. The Morgan fingerprint density at radius 2 is 1.80 bits per heavy atom. The van der Waals surface area contributed by atoms with Crippen molar-refractivity contribution in [3.05, 3.63) is 54.1 Å². The molecule has 1 unspecified atom stereocenters. The zero-order valence-electron chi connectivity index (χ0n) is 17.6. The van der Waals surface area contributed by atoms with Gasteiger partial charge in [-0.05, 0) is 43.0 Å². The van der Waals surface area contributed by atoms with Crippen LogP contribution in [-0.4, -0.2) is 38.8 Å². The van der Waals surface area contributed by atoms with Crippen LogP contribution < -0.4 is 10.1 Å². The van der Waals surface area contributed by atoms with Crippen molar-refractivity contribution in [2.45, 2.75) is 49.8 Å². The number of ether oxygens (including phenoxy) is 1. The molecule has 2 aromatic carbocycles. The van der Waals surface area contributed by atoms with Gasteiger partial charge in [-0.3, -0.25) is 4.79 Å². The van der Waals surface area contributed by atoms with Crippen LogP contribution in [0.5, 0.6) is 5.75 Å². The van der Waals surface area contributed by atoms with Crippen molar-refractivity contribution in [3.63, 3.8) is 0 Å². The zero-order valence-corrected chi connectivity index (χ0v) is 18.5. The fourth-order valence-corrected chi connectivity index (χ4v) is 5.55. The van der Waals surface area contributed by atoms with E-state index in [4.69, 9.17) is 4.74 Å². The second-order valence-corrected chi connectivity index (χ2v) is 9.48. The lowest BCUT2D eigenvalue weighted by molar-refractivity contribution is -0.117. The van der Waals surface area contributed by atoms with Gasteiger partial charge in [0.05, 0.1) is 13.0 Å². The molecule has 1 heterocycles. The Bertz CT molecular complexity index is 954. The number of carbonyl (C=O) groups excluding carboxylic acids is 1. The second-order valence-electron chi connectivity index (χ2n) is 7.57. The Morgan fingerprint density at radius 3 is 2.43 bits per heavy atom. The van der Waals surface area contributed by atoms with Crippen molar-refractivity contribution in [2.75, 3.05) is 25.5 Å². The summed E-state index contributed by atoms with van der Waals surface area (Å²) in [7, 11) is -2.23. The molecule has 1 N–H and O–H groups in total. The van der Waals surface area contributed by atoms with Gasteiger partial charge in [0.1, 0.15) is 10.6 Å². The van der Waals surface area contributed by atoms with Crippen LogP contribution in [-0.2, 0) is 14.8 Å². The summed E-state index contributed by atoms with van der Waals surface area (Å²) in [4.78, 5) is 13.1. The first-order valence-electron chi connectivity index (χ1n) is 10.5. The number of benzene rings is 2. The summed E-state index contributed by atoms with van der Waals surface area (Å²) in [5.41, 5.74) is 1.40. The van der Waals surface area contributed by atoms with Gasteiger partial charge in [0.25, 0.3) is 0 Å². The van der Waals surface area contributed by atoms with Crippen LogP contribution >= 0.6 is 0 Å². The first kappa shape index (κ1) is 22.3. The molecule has 1 amide bonds. The summed E-state index contributed by atoms with van der Waals surface area (Å²) >= 11 is 0. The number of nitrogens with zero attached hydrogens (tertiary/aromatic N) is 1. The largest absolute Gasteiger partial charge is 0.495 e. The average molecular weight is 431 g/mol. The molecule has 0 radical (unpaired) electrons. The van der Waals surface area contributed by atoms with E-state index in [1.165, 1.54) is 17.5 Å². The van der Waals surface area contributed by atoms with Gasteiger partial charge in [-0.25, -0.2) is 8.42 Å². The molecule has 1 atom stereocenters. The number of piperidine rings is 1. The summed E-state index contributed by atoms with van der Waals surface area (Å²) in [6.45, 7) is 3.06. The monoisotopic (exact) mass is 430 g/mol. The van der Waals surface area contributed by atoms with Gasteiger partial charge in [0, 0.05) is 18.8 Å². The van der Waals surface area contributed by atoms with Crippen LogP contribution in [0.2, 0.25) is 0 Å². The van der Waals surface area contributed by atoms with E-state index in [0.29, 0.717) is 25.2 Å². The highest BCUT2D eigenvalue weighted by Gasteiger charge is 2.29. The van der Waals surface area contributed by atoms with Gasteiger partial charge in [-0.1, -0.05) is 50.1 Å². The molecule has 1 aliphatic rings. The quantitative estimate of drug-likeness (QED) is 0.674. The molecule has 0 saturated carbocycles. The summed E-state index contributed by atoms with van der Waals surface area (Å²) in [6.07, 6.45) is 4.33. The number of methoxy groups -OCH3 is 1. The average Bonchev–Trinajstić information content (AvgIpc) is 2.78. The van der Waals surface area contributed by atoms with E-state index in [0.717, 1.165) is 31.2 Å². The van der Waals surface area contributed by atoms with Gasteiger partial charge < -0.3 is 10.1 Å². The summed E-state index contributed by atoms with van der Waals surface area (Å²) in [5.74, 6) is -0.151. The van der Waals surface area contributed by atoms with Crippen LogP contribution in [0.4, 0.5) is 5.69 Å². The van der Waals surface area contributed by atoms with Crippen molar-refractivity contribution in [1.29, 1.82) is 0 Å². The Labute approximate surface area is 179 Å². The zero-order chi connectivity index (χ0) is 21.6. The molecule has 7 heteroatoms. The molecule has 162 valence electrons. The lowest BCUT2D eigenvalue weighted by Crippen LogP contribution is -2.35. The van der Waals surface area contributed by atoms with Gasteiger partial charge >= 0.3 is 0 Å². The fraction of sp³-hybridized carbons (Fsp3) is 0.435. The van der Waals surface area contributed by atoms with E-state index in [2.05, 4.69) is 5.32 Å². The minimum atomic E-state index is -3.69. The van der Waals surface area contributed by atoms with E-state index in [1.807, 2.05) is 37.3 Å². The van der Waals surface area contributed by atoms with Crippen molar-refractivity contribution < 1.29 is 17.9 Å². The van der Waals surface area contributed by atoms with Crippen LogP contribution in [0.3, 0.4) is 0 Å². The van der Waals surface area contributed by atoms with Crippen LogP contribution in [0.15, 0.2) is 53.4 Å². The highest BCUT2D eigenvalue weighted by Crippen LogP contribution is 2.32. The number of rotatable bonds is 8. The maximum atomic E-state index is 13.2. The van der Waals surface area contributed by atoms with E-state index in [9.17, 15) is 13.2 Å². The molecular formula is C23H30N2O4S. The maximum absolute atomic E-state index is 13.2. The highest BCUT2D eigenvalue weighted by molar-refractivity contribution is 7.89. The SMILES string of the molecule is CCCC(C(=O)Nc1ccc(OC)c(S(=O)(=O)N2CCCCC2)c1)c1ccccc1. The number of sulfonamides is 1. The number of anilines is 1. The molecule has 1 aliphatic heterocycles. The smallest absolute Gasteiger partial charge is 0.246 e. The third kappa shape index (κ3) is 5.02. The fourth-order valence-electron chi connectivity index (χ4n) is 3.85. The Kier molecular flexibility index (Phi) is 7.50. The van der Waals surface area contributed by atoms with Crippen LogP contribution in [0.1, 0.15) is 50.5 Å². The van der Waals surface area contributed by atoms with E-state index in [-0.39, 0.29) is 22.5 Å². The van der Waals surface area contributed by atoms with Crippen LogP contribution in [0.25, 0.3) is 0 Å². The summed E-state index contributed by atoms with van der Waals surface area (Å²) in [5, 5.41) is 2.91. The number of hydrogen-bond acceptors (Lipinski definition) is 4. The maximum Gasteiger partial charge on any atom is 0.246 e. The van der Waals surface area contributed by atoms with Crippen molar-refractivity contribution in [2.24, 2.45) is 0 Å². The number of hydrogen-bond donors (Lipinski definition) is 1. The normalized spacial score (nSPS) is 16.1. The molecule has 0 bridgehead atoms. The van der Waals surface area contributed by atoms with E-state index in [1.54, 1.807) is 12.1 Å². The third-order valence-electron chi connectivity index (χ3n) is 5.46. The molecule has 1 fully saturated rings. The van der Waals surface area contributed by atoms with Gasteiger partial charge in [-0.15, -0.1) is 0 Å². The molecule has 3 rings (SSSR count). The Morgan fingerprint density at radius 1 is 1.10 bits per heavy atom. The standard InChI is InChI=1S/C23H30N2O4S/c1-3-10-20(18-11-6-4-7-12-18)23(26)24-19-13-14-21(29-2)22(17-19)30(27,28)25-15-8-5-9-16-25/h4,6-7,11-14,17,20H,3,5,8-10,15-16H2,1-2H3,(H,24,26). The topological polar surface area (TPSA) is 75.7 Å². The Balaban J connectivity index is 1.88. The van der Waals surface area contributed by atoms with Crippen LogP contribution in [0, 0.1) is 0 Å². The predicted molar refractivity (Wildman–Crippen MR) is 118 cm³/mol. The molecule has 1 saturated heterocycles. The van der Waals surface area contributed by atoms with E-state index >= 15 is 0 Å².